The smallest absolute Gasteiger partial charge is 0.411 e. The molecular formula is C21H13ClF3N3O2S. The largest absolute Gasteiger partial charge is 0.416 e. The van der Waals surface area contributed by atoms with E-state index >= 15 is 0 Å². The first kappa shape index (κ1) is 21.2. The zero-order chi connectivity index (χ0) is 22.0. The Balaban J connectivity index is 1.41. The second-order valence-corrected chi connectivity index (χ2v) is 7.80. The molecule has 31 heavy (non-hydrogen) atoms. The van der Waals surface area contributed by atoms with Gasteiger partial charge in [-0.3, -0.25) is 4.79 Å². The summed E-state index contributed by atoms with van der Waals surface area (Å²) in [4.78, 5) is 12.2. The number of carbonyl (C=O) groups excluding carboxylic acids is 1. The standard InChI is InChI=1S/C21H13ClF3N3O2S/c22-16-8-7-15(21(23,24)25)10-17(16)26-18(29)11-31-20-28-27-19(30-20)14-6-5-12-3-1-2-4-13(12)9-14/h1-10H,11H2,(H,26,29). The number of hydrogen-bond donors (Lipinski definition) is 1. The molecule has 0 unspecified atom stereocenters. The third-order valence-corrected chi connectivity index (χ3v) is 5.45. The summed E-state index contributed by atoms with van der Waals surface area (Å²) in [5.41, 5.74) is -0.292. The predicted octanol–water partition coefficient (Wildman–Crippen LogP) is 6.29. The van der Waals surface area contributed by atoms with E-state index in [1.165, 1.54) is 0 Å². The van der Waals surface area contributed by atoms with Crippen LogP contribution in [0.2, 0.25) is 5.02 Å². The molecule has 4 aromatic rings. The molecule has 5 nitrogen and oxygen atoms in total. The van der Waals surface area contributed by atoms with E-state index in [1.807, 2.05) is 42.5 Å². The van der Waals surface area contributed by atoms with Crippen LogP contribution in [0.1, 0.15) is 5.56 Å². The lowest BCUT2D eigenvalue weighted by Crippen LogP contribution is -2.15. The summed E-state index contributed by atoms with van der Waals surface area (Å²) in [6.07, 6.45) is -4.54. The van der Waals surface area contributed by atoms with Crippen LogP contribution in [0, 0.1) is 0 Å². The summed E-state index contributed by atoms with van der Waals surface area (Å²) in [5.74, 6) is -0.405. The van der Waals surface area contributed by atoms with Crippen molar-refractivity contribution in [1.82, 2.24) is 10.2 Å². The molecule has 0 aliphatic rings. The van der Waals surface area contributed by atoms with Gasteiger partial charge in [-0.25, -0.2) is 0 Å². The first-order chi connectivity index (χ1) is 14.8. The third kappa shape index (κ3) is 5.00. The quantitative estimate of drug-likeness (QED) is 0.352. The summed E-state index contributed by atoms with van der Waals surface area (Å²) in [6.45, 7) is 0. The van der Waals surface area contributed by atoms with Gasteiger partial charge in [-0.1, -0.05) is 53.7 Å². The van der Waals surface area contributed by atoms with Crippen molar-refractivity contribution in [3.8, 4) is 11.5 Å². The normalized spacial score (nSPS) is 11.6. The molecule has 158 valence electrons. The molecular weight excluding hydrogens is 451 g/mol. The van der Waals surface area contributed by atoms with Crippen LogP contribution >= 0.6 is 23.4 Å². The second kappa shape index (κ2) is 8.60. The van der Waals surface area contributed by atoms with E-state index in [1.54, 1.807) is 0 Å². The first-order valence-corrected chi connectivity index (χ1v) is 10.3. The van der Waals surface area contributed by atoms with Gasteiger partial charge in [-0.15, -0.1) is 10.2 Å². The van der Waals surface area contributed by atoms with Crippen molar-refractivity contribution in [3.63, 3.8) is 0 Å². The highest BCUT2D eigenvalue weighted by Crippen LogP contribution is 2.34. The minimum atomic E-state index is -4.54. The highest BCUT2D eigenvalue weighted by molar-refractivity contribution is 7.99. The monoisotopic (exact) mass is 463 g/mol. The summed E-state index contributed by atoms with van der Waals surface area (Å²) >= 11 is 6.86. The fraction of sp³-hybridized carbons (Fsp3) is 0.0952. The van der Waals surface area contributed by atoms with Crippen LogP contribution in [0.25, 0.3) is 22.2 Å². The molecule has 0 bridgehead atoms. The van der Waals surface area contributed by atoms with E-state index in [9.17, 15) is 18.0 Å². The Morgan fingerprint density at radius 1 is 1.03 bits per heavy atom. The molecule has 4 rings (SSSR count). The zero-order valence-corrected chi connectivity index (χ0v) is 17.2. The lowest BCUT2D eigenvalue weighted by atomic mass is 10.1. The van der Waals surface area contributed by atoms with Crippen LogP contribution in [0.5, 0.6) is 0 Å². The molecule has 0 fully saturated rings. The summed E-state index contributed by atoms with van der Waals surface area (Å²) in [7, 11) is 0. The maximum Gasteiger partial charge on any atom is 0.416 e. The van der Waals surface area contributed by atoms with Gasteiger partial charge in [0.05, 0.1) is 22.0 Å². The molecule has 0 saturated carbocycles. The number of hydrogen-bond acceptors (Lipinski definition) is 5. The number of benzene rings is 3. The second-order valence-electron chi connectivity index (χ2n) is 6.46. The summed E-state index contributed by atoms with van der Waals surface area (Å²) in [5, 5.41) is 12.5. The molecule has 1 aromatic heterocycles. The zero-order valence-electron chi connectivity index (χ0n) is 15.6. The number of aromatic nitrogens is 2. The van der Waals surface area contributed by atoms with Gasteiger partial charge in [0.1, 0.15) is 0 Å². The maximum absolute atomic E-state index is 12.8. The Kier molecular flexibility index (Phi) is 5.88. The highest BCUT2D eigenvalue weighted by Gasteiger charge is 2.31. The van der Waals surface area contributed by atoms with Crippen LogP contribution < -0.4 is 5.32 Å². The fourth-order valence-electron chi connectivity index (χ4n) is 2.82. The first-order valence-electron chi connectivity index (χ1n) is 8.92. The van der Waals surface area contributed by atoms with Gasteiger partial charge in [0.2, 0.25) is 11.8 Å². The summed E-state index contributed by atoms with van der Waals surface area (Å²) in [6, 6.07) is 16.3. The van der Waals surface area contributed by atoms with Crippen molar-refractivity contribution in [2.45, 2.75) is 11.4 Å². The number of thioether (sulfide) groups is 1. The minimum Gasteiger partial charge on any atom is -0.411 e. The molecule has 0 saturated heterocycles. The van der Waals surface area contributed by atoms with Gasteiger partial charge < -0.3 is 9.73 Å². The third-order valence-electron chi connectivity index (χ3n) is 4.30. The number of nitrogens with one attached hydrogen (secondary N) is 1. The van der Waals surface area contributed by atoms with Gasteiger partial charge in [0.25, 0.3) is 5.22 Å². The average Bonchev–Trinajstić information content (AvgIpc) is 3.22. The number of halogens is 4. The Bertz CT molecular complexity index is 1260. The van der Waals surface area contributed by atoms with Crippen molar-refractivity contribution in [3.05, 3.63) is 71.2 Å². The number of alkyl halides is 3. The number of amides is 1. The Labute approximate surface area is 183 Å². The molecule has 10 heteroatoms. The molecule has 1 heterocycles. The van der Waals surface area contributed by atoms with E-state index in [-0.39, 0.29) is 21.7 Å². The van der Waals surface area contributed by atoms with E-state index in [0.29, 0.717) is 5.89 Å². The van der Waals surface area contributed by atoms with Crippen LogP contribution in [-0.2, 0) is 11.0 Å². The van der Waals surface area contributed by atoms with Crippen molar-refractivity contribution in [2.24, 2.45) is 0 Å². The Hall–Kier alpha value is -3.04. The van der Waals surface area contributed by atoms with E-state index in [2.05, 4.69) is 15.5 Å². The van der Waals surface area contributed by atoms with Crippen molar-refractivity contribution in [1.29, 1.82) is 0 Å². The Morgan fingerprint density at radius 3 is 2.58 bits per heavy atom. The molecule has 0 atom stereocenters. The molecule has 0 aliphatic heterocycles. The number of nitrogens with zero attached hydrogens (tertiary/aromatic N) is 2. The lowest BCUT2D eigenvalue weighted by Gasteiger charge is -2.11. The van der Waals surface area contributed by atoms with Gasteiger partial charge in [0.15, 0.2) is 0 Å². The lowest BCUT2D eigenvalue weighted by molar-refractivity contribution is -0.137. The average molecular weight is 464 g/mol. The fourth-order valence-corrected chi connectivity index (χ4v) is 3.55. The predicted molar refractivity (Wildman–Crippen MR) is 113 cm³/mol. The molecule has 0 radical (unpaired) electrons. The van der Waals surface area contributed by atoms with Crippen LogP contribution in [0.3, 0.4) is 0 Å². The van der Waals surface area contributed by atoms with E-state index in [0.717, 1.165) is 46.3 Å². The van der Waals surface area contributed by atoms with Crippen LogP contribution in [0.15, 0.2) is 70.3 Å². The van der Waals surface area contributed by atoms with Crippen molar-refractivity contribution < 1.29 is 22.4 Å². The van der Waals surface area contributed by atoms with Crippen LogP contribution in [-0.4, -0.2) is 21.9 Å². The number of rotatable bonds is 5. The molecule has 1 N–H and O–H groups in total. The SMILES string of the molecule is O=C(CSc1nnc(-c2ccc3ccccc3c2)o1)Nc1cc(C(F)(F)F)ccc1Cl. The van der Waals surface area contributed by atoms with Crippen molar-refractivity contribution >= 4 is 45.7 Å². The van der Waals surface area contributed by atoms with Crippen molar-refractivity contribution in [2.75, 3.05) is 11.1 Å². The van der Waals surface area contributed by atoms with Gasteiger partial charge in [-0.2, -0.15) is 13.2 Å². The Morgan fingerprint density at radius 2 is 1.81 bits per heavy atom. The minimum absolute atomic E-state index is 0.00253. The molecule has 3 aromatic carbocycles. The topological polar surface area (TPSA) is 68.0 Å². The van der Waals surface area contributed by atoms with Gasteiger partial charge >= 0.3 is 6.18 Å². The van der Waals surface area contributed by atoms with Gasteiger partial charge in [-0.05, 0) is 41.1 Å². The van der Waals surface area contributed by atoms with Gasteiger partial charge in [0, 0.05) is 5.56 Å². The molecule has 1 amide bonds. The maximum atomic E-state index is 12.8. The number of carbonyl (C=O) groups is 1. The number of anilines is 1. The number of fused-ring (bicyclic) bond motifs is 1. The van der Waals surface area contributed by atoms with E-state index < -0.39 is 17.6 Å². The van der Waals surface area contributed by atoms with Crippen LogP contribution in [0.4, 0.5) is 18.9 Å². The summed E-state index contributed by atoms with van der Waals surface area (Å²) < 4.78 is 44.1. The van der Waals surface area contributed by atoms with E-state index in [4.69, 9.17) is 16.0 Å². The highest BCUT2D eigenvalue weighted by atomic mass is 35.5. The molecule has 0 aliphatic carbocycles. The molecule has 0 spiro atoms.